The summed E-state index contributed by atoms with van der Waals surface area (Å²) in [6.07, 6.45) is 5.93. The Balaban J connectivity index is 1.47. The van der Waals surface area contributed by atoms with E-state index in [4.69, 9.17) is 5.73 Å². The highest BCUT2D eigenvalue weighted by Crippen LogP contribution is 2.36. The molecule has 4 nitrogen and oxygen atoms in total. The smallest absolute Gasteiger partial charge is 0.224 e. The summed E-state index contributed by atoms with van der Waals surface area (Å²) in [6.45, 7) is 4.86. The molecule has 0 unspecified atom stereocenters. The average Bonchev–Trinajstić information content (AvgIpc) is 2.77. The van der Waals surface area contributed by atoms with Crippen LogP contribution in [0.5, 0.6) is 0 Å². The highest BCUT2D eigenvalue weighted by Gasteiger charge is 2.40. The minimum atomic E-state index is -0.476. The maximum Gasteiger partial charge on any atom is 0.224 e. The Kier molecular flexibility index (Phi) is 5.96. The van der Waals surface area contributed by atoms with Crippen LogP contribution in [0.3, 0.4) is 0 Å². The van der Waals surface area contributed by atoms with Gasteiger partial charge in [-0.15, -0.1) is 0 Å². The molecule has 1 aliphatic rings. The van der Waals surface area contributed by atoms with Crippen molar-refractivity contribution < 1.29 is 4.79 Å². The molecule has 0 bridgehead atoms. The van der Waals surface area contributed by atoms with E-state index in [9.17, 15) is 4.79 Å². The molecule has 1 fully saturated rings. The molecule has 1 amide bonds. The highest BCUT2D eigenvalue weighted by atomic mass is 16.1. The van der Waals surface area contributed by atoms with Crippen LogP contribution in [-0.4, -0.2) is 28.9 Å². The van der Waals surface area contributed by atoms with Crippen LogP contribution in [0.15, 0.2) is 73.1 Å². The second-order valence-corrected chi connectivity index (χ2v) is 8.47. The van der Waals surface area contributed by atoms with Gasteiger partial charge in [-0.25, -0.2) is 0 Å². The average molecular weight is 400 g/mol. The summed E-state index contributed by atoms with van der Waals surface area (Å²) in [5.41, 5.74) is 11.5. The number of pyridine rings is 1. The number of aryl methyl sites for hydroxylation is 1. The fourth-order valence-electron chi connectivity index (χ4n) is 4.46. The molecular formula is C26H29N3O. The second-order valence-electron chi connectivity index (χ2n) is 8.47. The summed E-state index contributed by atoms with van der Waals surface area (Å²) in [6, 6.07) is 20.9. The highest BCUT2D eigenvalue weighted by molar-refractivity contribution is 5.81. The molecule has 0 atom stereocenters. The van der Waals surface area contributed by atoms with E-state index in [1.54, 1.807) is 6.20 Å². The van der Waals surface area contributed by atoms with Crippen LogP contribution in [0, 0.1) is 12.3 Å². The third kappa shape index (κ3) is 4.44. The van der Waals surface area contributed by atoms with E-state index < -0.39 is 5.41 Å². The van der Waals surface area contributed by atoms with E-state index in [0.717, 1.165) is 49.2 Å². The molecule has 0 saturated carbocycles. The number of nitrogens with zero attached hydrogens (tertiary/aromatic N) is 2. The lowest BCUT2D eigenvalue weighted by atomic mass is 9.73. The summed E-state index contributed by atoms with van der Waals surface area (Å²) in [5, 5.41) is 0. The Morgan fingerprint density at radius 2 is 1.80 bits per heavy atom. The summed E-state index contributed by atoms with van der Waals surface area (Å²) in [4.78, 5) is 19.2. The largest absolute Gasteiger partial charge is 0.369 e. The Morgan fingerprint density at radius 3 is 2.50 bits per heavy atom. The molecule has 4 rings (SSSR count). The number of carbonyl (C=O) groups is 1. The minimum Gasteiger partial charge on any atom is -0.369 e. The fourth-order valence-corrected chi connectivity index (χ4v) is 4.46. The van der Waals surface area contributed by atoms with Crippen molar-refractivity contribution >= 4 is 5.91 Å². The van der Waals surface area contributed by atoms with Crippen molar-refractivity contribution in [2.45, 2.75) is 32.7 Å². The quantitative estimate of drug-likeness (QED) is 0.670. The van der Waals surface area contributed by atoms with Crippen molar-refractivity contribution in [2.24, 2.45) is 11.1 Å². The monoisotopic (exact) mass is 399 g/mol. The topological polar surface area (TPSA) is 59.2 Å². The number of amides is 1. The number of carbonyl (C=O) groups excluding carboxylic acids is 1. The van der Waals surface area contributed by atoms with Crippen molar-refractivity contribution in [1.82, 2.24) is 9.88 Å². The van der Waals surface area contributed by atoms with Gasteiger partial charge in [-0.2, -0.15) is 0 Å². The number of hydrogen-bond acceptors (Lipinski definition) is 3. The molecule has 0 spiro atoms. The number of hydrogen-bond donors (Lipinski definition) is 1. The number of likely N-dealkylation sites (tertiary alicyclic amines) is 1. The number of benzene rings is 2. The molecule has 1 saturated heterocycles. The van der Waals surface area contributed by atoms with Gasteiger partial charge < -0.3 is 5.73 Å². The van der Waals surface area contributed by atoms with Crippen LogP contribution in [-0.2, 0) is 17.8 Å². The van der Waals surface area contributed by atoms with Gasteiger partial charge in [-0.3, -0.25) is 14.7 Å². The van der Waals surface area contributed by atoms with Gasteiger partial charge in [-0.05, 0) is 73.2 Å². The van der Waals surface area contributed by atoms with Gasteiger partial charge in [0.05, 0.1) is 5.41 Å². The summed E-state index contributed by atoms with van der Waals surface area (Å²) in [5.74, 6) is -0.176. The van der Waals surface area contributed by atoms with E-state index in [0.29, 0.717) is 6.42 Å². The van der Waals surface area contributed by atoms with Gasteiger partial charge in [0.25, 0.3) is 0 Å². The van der Waals surface area contributed by atoms with Crippen molar-refractivity contribution in [2.75, 3.05) is 13.1 Å². The van der Waals surface area contributed by atoms with Gasteiger partial charge in [0.2, 0.25) is 5.91 Å². The third-order valence-electron chi connectivity index (χ3n) is 6.46. The molecule has 154 valence electrons. The number of primary amides is 1. The van der Waals surface area contributed by atoms with Gasteiger partial charge in [0.1, 0.15) is 0 Å². The second kappa shape index (κ2) is 8.80. The van der Waals surface area contributed by atoms with Gasteiger partial charge in [-0.1, -0.05) is 54.6 Å². The van der Waals surface area contributed by atoms with Crippen LogP contribution in [0.1, 0.15) is 29.5 Å². The van der Waals surface area contributed by atoms with Crippen LogP contribution >= 0.6 is 0 Å². The van der Waals surface area contributed by atoms with Crippen molar-refractivity contribution in [1.29, 1.82) is 0 Å². The molecule has 0 radical (unpaired) electrons. The molecule has 2 aromatic carbocycles. The normalized spacial score (nSPS) is 16.3. The predicted molar refractivity (Wildman–Crippen MR) is 121 cm³/mol. The zero-order valence-corrected chi connectivity index (χ0v) is 17.6. The number of piperidine rings is 1. The molecule has 2 N–H and O–H groups in total. The standard InChI is InChI=1S/C26H29N3O/c1-20-6-2-3-8-24(20)19-29-14-11-26(12-15-29,25(27)30)17-21-7-4-9-22(16-21)23-10-5-13-28-18-23/h2-10,13,16,18H,11-12,14-15,17,19H2,1H3,(H2,27,30). The third-order valence-corrected chi connectivity index (χ3v) is 6.46. The lowest BCUT2D eigenvalue weighted by Gasteiger charge is -2.40. The first-order valence-electron chi connectivity index (χ1n) is 10.6. The van der Waals surface area contributed by atoms with E-state index in [-0.39, 0.29) is 5.91 Å². The molecule has 3 aromatic rings. The van der Waals surface area contributed by atoms with Gasteiger partial charge in [0.15, 0.2) is 0 Å². The van der Waals surface area contributed by atoms with Crippen molar-refractivity contribution in [3.05, 3.63) is 89.7 Å². The predicted octanol–water partition coefficient (Wildman–Crippen LogP) is 4.37. The summed E-state index contributed by atoms with van der Waals surface area (Å²) in [7, 11) is 0. The van der Waals surface area contributed by atoms with Gasteiger partial charge in [0, 0.05) is 18.9 Å². The van der Waals surface area contributed by atoms with E-state index in [2.05, 4.69) is 71.4 Å². The van der Waals surface area contributed by atoms with E-state index in [1.807, 2.05) is 12.3 Å². The molecule has 30 heavy (non-hydrogen) atoms. The van der Waals surface area contributed by atoms with Gasteiger partial charge >= 0.3 is 0 Å². The first-order chi connectivity index (χ1) is 14.6. The molecule has 0 aliphatic carbocycles. The first kappa shape index (κ1) is 20.3. The maximum absolute atomic E-state index is 12.5. The molecule has 2 heterocycles. The van der Waals surface area contributed by atoms with Crippen molar-refractivity contribution in [3.8, 4) is 11.1 Å². The Bertz CT molecular complexity index is 1010. The zero-order chi connectivity index (χ0) is 21.0. The SMILES string of the molecule is Cc1ccccc1CN1CCC(Cc2cccc(-c3cccnc3)c2)(C(N)=O)CC1. The van der Waals surface area contributed by atoms with Crippen molar-refractivity contribution in [3.63, 3.8) is 0 Å². The van der Waals surface area contributed by atoms with E-state index in [1.165, 1.54) is 11.1 Å². The zero-order valence-electron chi connectivity index (χ0n) is 17.6. The number of aromatic nitrogens is 1. The summed E-state index contributed by atoms with van der Waals surface area (Å²) < 4.78 is 0. The number of nitrogens with two attached hydrogens (primary N) is 1. The Hall–Kier alpha value is -2.98. The van der Waals surface area contributed by atoms with Crippen LogP contribution in [0.25, 0.3) is 11.1 Å². The Labute approximate surface area is 178 Å². The number of rotatable bonds is 6. The molecule has 4 heteroatoms. The van der Waals surface area contributed by atoms with Crippen LogP contribution < -0.4 is 5.73 Å². The summed E-state index contributed by atoms with van der Waals surface area (Å²) >= 11 is 0. The lowest BCUT2D eigenvalue weighted by molar-refractivity contribution is -0.130. The molecule has 1 aromatic heterocycles. The van der Waals surface area contributed by atoms with Crippen LogP contribution in [0.4, 0.5) is 0 Å². The lowest BCUT2D eigenvalue weighted by Crippen LogP contribution is -2.48. The maximum atomic E-state index is 12.5. The Morgan fingerprint density at radius 1 is 1.03 bits per heavy atom. The molecule has 1 aliphatic heterocycles. The van der Waals surface area contributed by atoms with Crippen LogP contribution in [0.2, 0.25) is 0 Å². The minimum absolute atomic E-state index is 0.176. The van der Waals surface area contributed by atoms with E-state index >= 15 is 0 Å². The fraction of sp³-hybridized carbons (Fsp3) is 0.308. The first-order valence-corrected chi connectivity index (χ1v) is 10.6. The molecular weight excluding hydrogens is 370 g/mol.